The van der Waals surface area contributed by atoms with Gasteiger partial charge in [0.1, 0.15) is 5.75 Å². The second-order valence-electron chi connectivity index (χ2n) is 3.13. The lowest BCUT2D eigenvalue weighted by atomic mass is 9.99. The highest BCUT2D eigenvalue weighted by Crippen LogP contribution is 2.30. The van der Waals surface area contributed by atoms with Crippen LogP contribution in [0.15, 0.2) is 12.1 Å². The van der Waals surface area contributed by atoms with Gasteiger partial charge in [-0.05, 0) is 75.2 Å². The number of phenols is 1. The summed E-state index contributed by atoms with van der Waals surface area (Å²) in [6.45, 7) is 4.39. The zero-order valence-electron chi connectivity index (χ0n) is 7.64. The fourth-order valence-corrected chi connectivity index (χ4v) is 2.62. The molecule has 1 aromatic rings. The van der Waals surface area contributed by atoms with E-state index in [-0.39, 0.29) is 0 Å². The molecule has 1 unspecified atom stereocenters. The molecule has 1 nitrogen and oxygen atoms in total. The Kier molecular flexibility index (Phi) is 4.28. The zero-order valence-corrected chi connectivity index (χ0v) is 12.0. The molecule has 0 heterocycles. The Bertz CT molecular complexity index is 310. The van der Waals surface area contributed by atoms with E-state index in [0.717, 1.165) is 13.6 Å². The van der Waals surface area contributed by atoms with Crippen LogP contribution in [0.4, 0.5) is 0 Å². The summed E-state index contributed by atoms with van der Waals surface area (Å²) in [5.74, 6) is 0.957. The van der Waals surface area contributed by atoms with Crippen molar-refractivity contribution in [3.05, 3.63) is 24.8 Å². The molecule has 0 saturated carbocycles. The molecule has 1 rings (SSSR count). The first-order valence-corrected chi connectivity index (χ1v) is 6.40. The highest BCUT2D eigenvalue weighted by atomic mass is 127. The minimum atomic E-state index is 0.386. The molecule has 3 heteroatoms. The lowest BCUT2D eigenvalue weighted by Crippen LogP contribution is -1.95. The van der Waals surface area contributed by atoms with Gasteiger partial charge in [-0.2, -0.15) is 0 Å². The third-order valence-corrected chi connectivity index (χ3v) is 4.01. The van der Waals surface area contributed by atoms with Crippen LogP contribution in [0.25, 0.3) is 0 Å². The SMILES string of the molecule is CCC(C)c1cc(I)c(O)cc1I. The molecule has 1 aromatic carbocycles. The van der Waals surface area contributed by atoms with Crippen molar-refractivity contribution >= 4 is 45.2 Å². The quantitative estimate of drug-likeness (QED) is 0.739. The number of phenolic OH excluding ortho intramolecular Hbond substituents is 1. The average Bonchev–Trinajstić information content (AvgIpc) is 2.10. The van der Waals surface area contributed by atoms with E-state index in [9.17, 15) is 5.11 Å². The molecular formula is C10H12I2O. The molecule has 0 spiro atoms. The maximum Gasteiger partial charge on any atom is 0.129 e. The Balaban J connectivity index is 3.15. The number of halogens is 2. The van der Waals surface area contributed by atoms with Crippen LogP contribution in [-0.2, 0) is 0 Å². The van der Waals surface area contributed by atoms with Crippen molar-refractivity contribution in [2.45, 2.75) is 26.2 Å². The van der Waals surface area contributed by atoms with E-state index in [1.165, 1.54) is 5.56 Å². The first kappa shape index (κ1) is 11.6. The van der Waals surface area contributed by atoms with Gasteiger partial charge in [-0.1, -0.05) is 13.8 Å². The third kappa shape index (κ3) is 2.71. The van der Waals surface area contributed by atoms with Crippen molar-refractivity contribution in [2.24, 2.45) is 0 Å². The normalized spacial score (nSPS) is 12.9. The molecule has 1 N–H and O–H groups in total. The summed E-state index contributed by atoms with van der Waals surface area (Å²) in [6, 6.07) is 3.91. The van der Waals surface area contributed by atoms with Crippen LogP contribution >= 0.6 is 45.2 Å². The minimum Gasteiger partial charge on any atom is -0.507 e. The van der Waals surface area contributed by atoms with Crippen LogP contribution in [0.2, 0.25) is 0 Å². The van der Waals surface area contributed by atoms with Crippen molar-refractivity contribution < 1.29 is 5.11 Å². The summed E-state index contributed by atoms with van der Waals surface area (Å²) in [6.07, 6.45) is 1.14. The second kappa shape index (κ2) is 4.82. The summed E-state index contributed by atoms with van der Waals surface area (Å²) < 4.78 is 2.10. The fraction of sp³-hybridized carbons (Fsp3) is 0.400. The summed E-state index contributed by atoms with van der Waals surface area (Å²) in [5, 5.41) is 9.47. The standard InChI is InChI=1S/C10H12I2O/c1-3-6(2)7-4-9(12)10(13)5-8(7)11/h4-6,13H,3H2,1-2H3. The van der Waals surface area contributed by atoms with Gasteiger partial charge < -0.3 is 5.11 Å². The summed E-state index contributed by atoms with van der Waals surface area (Å²) >= 11 is 4.44. The van der Waals surface area contributed by atoms with Crippen LogP contribution in [0.5, 0.6) is 5.75 Å². The van der Waals surface area contributed by atoms with Gasteiger partial charge in [0.15, 0.2) is 0 Å². The average molecular weight is 402 g/mol. The van der Waals surface area contributed by atoms with Crippen molar-refractivity contribution in [2.75, 3.05) is 0 Å². The molecule has 0 aliphatic heterocycles. The van der Waals surface area contributed by atoms with E-state index in [1.54, 1.807) is 0 Å². The molecule has 0 saturated heterocycles. The van der Waals surface area contributed by atoms with Crippen molar-refractivity contribution in [1.29, 1.82) is 0 Å². The molecule has 72 valence electrons. The largest absolute Gasteiger partial charge is 0.507 e. The smallest absolute Gasteiger partial charge is 0.129 e. The molecule has 0 aromatic heterocycles. The van der Waals surface area contributed by atoms with E-state index in [4.69, 9.17) is 0 Å². The van der Waals surface area contributed by atoms with Crippen LogP contribution in [-0.4, -0.2) is 5.11 Å². The van der Waals surface area contributed by atoms with Gasteiger partial charge in [0.25, 0.3) is 0 Å². The number of benzene rings is 1. The minimum absolute atomic E-state index is 0.386. The molecule has 0 fully saturated rings. The monoisotopic (exact) mass is 402 g/mol. The first-order chi connectivity index (χ1) is 6.06. The second-order valence-corrected chi connectivity index (χ2v) is 5.46. The van der Waals surface area contributed by atoms with Gasteiger partial charge in [0.2, 0.25) is 0 Å². The molecule has 0 radical (unpaired) electrons. The van der Waals surface area contributed by atoms with Gasteiger partial charge in [-0.15, -0.1) is 0 Å². The molecule has 13 heavy (non-hydrogen) atoms. The van der Waals surface area contributed by atoms with E-state index in [2.05, 4.69) is 65.1 Å². The van der Waals surface area contributed by atoms with Crippen molar-refractivity contribution in [3.63, 3.8) is 0 Å². The van der Waals surface area contributed by atoms with Crippen molar-refractivity contribution in [1.82, 2.24) is 0 Å². The molecule has 0 bridgehead atoms. The summed E-state index contributed by atoms with van der Waals surface area (Å²) in [5.41, 5.74) is 1.34. The highest BCUT2D eigenvalue weighted by Gasteiger charge is 2.10. The zero-order chi connectivity index (χ0) is 10.0. The molecule has 0 aliphatic carbocycles. The van der Waals surface area contributed by atoms with Crippen LogP contribution in [0, 0.1) is 7.14 Å². The number of rotatable bonds is 2. The number of hydrogen-bond acceptors (Lipinski definition) is 1. The molecule has 0 aliphatic rings. The third-order valence-electron chi connectivity index (χ3n) is 2.21. The van der Waals surface area contributed by atoms with Gasteiger partial charge >= 0.3 is 0 Å². The summed E-state index contributed by atoms with van der Waals surface area (Å²) in [7, 11) is 0. The van der Waals surface area contributed by atoms with Crippen molar-refractivity contribution in [3.8, 4) is 5.75 Å². The maximum atomic E-state index is 9.47. The Morgan fingerprint density at radius 2 is 1.92 bits per heavy atom. The molecule has 1 atom stereocenters. The Hall–Kier alpha value is 0.480. The lowest BCUT2D eigenvalue weighted by molar-refractivity contribution is 0.470. The van der Waals surface area contributed by atoms with Gasteiger partial charge in [-0.25, -0.2) is 0 Å². The highest BCUT2D eigenvalue weighted by molar-refractivity contribution is 14.1. The van der Waals surface area contributed by atoms with E-state index >= 15 is 0 Å². The number of aromatic hydroxyl groups is 1. The van der Waals surface area contributed by atoms with Gasteiger partial charge in [-0.3, -0.25) is 0 Å². The van der Waals surface area contributed by atoms with E-state index in [0.29, 0.717) is 11.7 Å². The van der Waals surface area contributed by atoms with E-state index in [1.807, 2.05) is 6.07 Å². The predicted molar refractivity (Wildman–Crippen MR) is 72.2 cm³/mol. The Morgan fingerprint density at radius 3 is 2.46 bits per heavy atom. The van der Waals surface area contributed by atoms with Gasteiger partial charge in [0, 0.05) is 3.57 Å². The maximum absolute atomic E-state index is 9.47. The number of hydrogen-bond donors (Lipinski definition) is 1. The fourth-order valence-electron chi connectivity index (χ4n) is 1.15. The van der Waals surface area contributed by atoms with Crippen LogP contribution in [0.1, 0.15) is 31.7 Å². The first-order valence-electron chi connectivity index (χ1n) is 4.24. The lowest BCUT2D eigenvalue weighted by Gasteiger charge is -2.12. The topological polar surface area (TPSA) is 20.2 Å². The van der Waals surface area contributed by atoms with Crippen LogP contribution < -0.4 is 0 Å². The predicted octanol–water partition coefficient (Wildman–Crippen LogP) is 4.11. The van der Waals surface area contributed by atoms with Gasteiger partial charge in [0.05, 0.1) is 3.57 Å². The Morgan fingerprint density at radius 1 is 1.31 bits per heavy atom. The van der Waals surface area contributed by atoms with E-state index < -0.39 is 0 Å². The molecule has 0 amide bonds. The summed E-state index contributed by atoms with van der Waals surface area (Å²) in [4.78, 5) is 0. The molecular weight excluding hydrogens is 390 g/mol. The Labute approximate surface area is 106 Å². The van der Waals surface area contributed by atoms with Crippen LogP contribution in [0.3, 0.4) is 0 Å².